The first-order chi connectivity index (χ1) is 14.6. The van der Waals surface area contributed by atoms with Gasteiger partial charge in [0.1, 0.15) is 18.1 Å². The number of piperidine rings is 1. The Morgan fingerprint density at radius 3 is 2.63 bits per heavy atom. The van der Waals surface area contributed by atoms with Crippen LogP contribution in [0.25, 0.3) is 11.0 Å². The van der Waals surface area contributed by atoms with Crippen LogP contribution in [0.1, 0.15) is 36.1 Å². The van der Waals surface area contributed by atoms with Gasteiger partial charge in [-0.1, -0.05) is 25.1 Å². The van der Waals surface area contributed by atoms with Gasteiger partial charge in [0.2, 0.25) is 5.91 Å². The molecular formula is C23H27N5O2. The van der Waals surface area contributed by atoms with E-state index in [0.717, 1.165) is 42.8 Å². The third-order valence-electron chi connectivity index (χ3n) is 5.70. The van der Waals surface area contributed by atoms with E-state index in [9.17, 15) is 9.59 Å². The van der Waals surface area contributed by atoms with Gasteiger partial charge in [0, 0.05) is 32.3 Å². The van der Waals surface area contributed by atoms with Gasteiger partial charge in [-0.05, 0) is 43.0 Å². The lowest BCUT2D eigenvalue weighted by Gasteiger charge is -2.30. The van der Waals surface area contributed by atoms with Crippen LogP contribution in [0.15, 0.2) is 48.7 Å². The van der Waals surface area contributed by atoms with Gasteiger partial charge in [-0.25, -0.2) is 4.98 Å². The molecule has 3 aromatic rings. The van der Waals surface area contributed by atoms with E-state index in [1.165, 1.54) is 0 Å². The molecule has 1 aliphatic rings. The zero-order valence-electron chi connectivity index (χ0n) is 17.3. The highest BCUT2D eigenvalue weighted by atomic mass is 16.2. The van der Waals surface area contributed by atoms with Crippen molar-refractivity contribution in [2.45, 2.75) is 32.7 Å². The number of imidazole rings is 1. The van der Waals surface area contributed by atoms with Crippen molar-refractivity contribution < 1.29 is 9.59 Å². The Morgan fingerprint density at radius 2 is 1.87 bits per heavy atom. The molecule has 7 nitrogen and oxygen atoms in total. The van der Waals surface area contributed by atoms with Crippen LogP contribution >= 0.6 is 0 Å². The lowest BCUT2D eigenvalue weighted by molar-refractivity contribution is -0.133. The highest BCUT2D eigenvalue weighted by Crippen LogP contribution is 2.19. The molecule has 0 unspecified atom stereocenters. The molecule has 2 aromatic heterocycles. The fourth-order valence-electron chi connectivity index (χ4n) is 3.86. The molecule has 3 heterocycles. The number of nitrogens with one attached hydrogen (secondary N) is 1. The van der Waals surface area contributed by atoms with E-state index >= 15 is 0 Å². The largest absolute Gasteiger partial charge is 0.350 e. The van der Waals surface area contributed by atoms with Gasteiger partial charge >= 0.3 is 0 Å². The number of nitrogens with zero attached hydrogens (tertiary/aromatic N) is 4. The third-order valence-corrected chi connectivity index (χ3v) is 5.70. The van der Waals surface area contributed by atoms with E-state index in [2.05, 4.69) is 17.2 Å². The van der Waals surface area contributed by atoms with Crippen LogP contribution in [0.4, 0.5) is 0 Å². The summed E-state index contributed by atoms with van der Waals surface area (Å²) in [6, 6.07) is 13.1. The van der Waals surface area contributed by atoms with Crippen LogP contribution in [-0.2, 0) is 17.8 Å². The molecule has 0 spiro atoms. The number of pyridine rings is 1. The van der Waals surface area contributed by atoms with Crippen molar-refractivity contribution in [2.24, 2.45) is 5.92 Å². The van der Waals surface area contributed by atoms with E-state index < -0.39 is 0 Å². The van der Waals surface area contributed by atoms with E-state index in [1.807, 2.05) is 33.7 Å². The molecule has 0 atom stereocenters. The molecule has 30 heavy (non-hydrogen) atoms. The second-order valence-corrected chi connectivity index (χ2v) is 7.89. The molecule has 0 bridgehead atoms. The molecule has 0 saturated carbocycles. The molecule has 7 heteroatoms. The minimum Gasteiger partial charge on any atom is -0.350 e. The Balaban J connectivity index is 1.46. The van der Waals surface area contributed by atoms with Crippen molar-refractivity contribution in [1.29, 1.82) is 0 Å². The van der Waals surface area contributed by atoms with E-state index in [1.54, 1.807) is 24.4 Å². The fourth-order valence-corrected chi connectivity index (χ4v) is 3.86. The van der Waals surface area contributed by atoms with Gasteiger partial charge in [0.05, 0.1) is 11.0 Å². The number of aromatic nitrogens is 3. The molecule has 1 saturated heterocycles. The highest BCUT2D eigenvalue weighted by Gasteiger charge is 2.22. The van der Waals surface area contributed by atoms with Gasteiger partial charge in [-0.15, -0.1) is 0 Å². The van der Waals surface area contributed by atoms with E-state index in [4.69, 9.17) is 4.98 Å². The van der Waals surface area contributed by atoms with Crippen LogP contribution in [0.5, 0.6) is 0 Å². The van der Waals surface area contributed by atoms with Gasteiger partial charge in [0.15, 0.2) is 0 Å². The standard InChI is InChI=1S/C23H27N5O2/c1-17-10-14-27(15-11-17)22(29)16-28-20-8-3-2-6-18(20)26-21(28)9-13-25-23(30)19-7-4-5-12-24-19/h2-8,12,17H,9-11,13-16H2,1H3,(H,25,30). The number of hydrogen-bond donors (Lipinski definition) is 1. The lowest BCUT2D eigenvalue weighted by Crippen LogP contribution is -2.40. The summed E-state index contributed by atoms with van der Waals surface area (Å²) in [4.78, 5) is 35.9. The summed E-state index contributed by atoms with van der Waals surface area (Å²) in [5, 5.41) is 2.89. The molecule has 0 aliphatic carbocycles. The number of carbonyl (C=O) groups excluding carboxylic acids is 2. The second kappa shape index (κ2) is 9.07. The lowest BCUT2D eigenvalue weighted by atomic mass is 9.99. The van der Waals surface area contributed by atoms with Gasteiger partial charge in [-0.3, -0.25) is 14.6 Å². The first-order valence-corrected chi connectivity index (χ1v) is 10.5. The van der Waals surface area contributed by atoms with Gasteiger partial charge in [-0.2, -0.15) is 0 Å². The Morgan fingerprint density at radius 1 is 1.10 bits per heavy atom. The summed E-state index contributed by atoms with van der Waals surface area (Å²) >= 11 is 0. The first kappa shape index (κ1) is 20.1. The average Bonchev–Trinajstić information content (AvgIpc) is 3.12. The van der Waals surface area contributed by atoms with Crippen molar-refractivity contribution >= 4 is 22.8 Å². The van der Waals surface area contributed by atoms with Crippen LogP contribution in [-0.4, -0.2) is 50.9 Å². The minimum absolute atomic E-state index is 0.129. The van der Waals surface area contributed by atoms with Crippen molar-refractivity contribution in [3.8, 4) is 0 Å². The first-order valence-electron chi connectivity index (χ1n) is 10.5. The Hall–Kier alpha value is -3.22. The maximum atomic E-state index is 12.9. The third kappa shape index (κ3) is 4.50. The quantitative estimate of drug-likeness (QED) is 0.684. The molecule has 1 N–H and O–H groups in total. The summed E-state index contributed by atoms with van der Waals surface area (Å²) in [6.45, 7) is 4.58. The van der Waals surface area contributed by atoms with Crippen molar-refractivity contribution in [2.75, 3.05) is 19.6 Å². The van der Waals surface area contributed by atoms with Crippen LogP contribution in [0, 0.1) is 5.92 Å². The number of hydrogen-bond acceptors (Lipinski definition) is 4. The number of rotatable bonds is 6. The molecule has 1 aromatic carbocycles. The summed E-state index contributed by atoms with van der Waals surface area (Å²) in [5.74, 6) is 1.40. The maximum Gasteiger partial charge on any atom is 0.269 e. The Bertz CT molecular complexity index is 1020. The zero-order chi connectivity index (χ0) is 20.9. The van der Waals surface area contributed by atoms with Crippen molar-refractivity contribution in [3.63, 3.8) is 0 Å². The number of amides is 2. The number of para-hydroxylation sites is 2. The normalized spacial score (nSPS) is 14.8. The fraction of sp³-hybridized carbons (Fsp3) is 0.391. The van der Waals surface area contributed by atoms with Crippen LogP contribution < -0.4 is 5.32 Å². The molecule has 1 fully saturated rings. The molecule has 156 valence electrons. The van der Waals surface area contributed by atoms with Crippen molar-refractivity contribution in [1.82, 2.24) is 24.8 Å². The predicted octanol–water partition coefficient (Wildman–Crippen LogP) is 2.66. The van der Waals surface area contributed by atoms with Crippen LogP contribution in [0.3, 0.4) is 0 Å². The Labute approximate surface area is 176 Å². The van der Waals surface area contributed by atoms with Gasteiger partial charge in [0.25, 0.3) is 5.91 Å². The van der Waals surface area contributed by atoms with E-state index in [0.29, 0.717) is 24.6 Å². The number of fused-ring (bicyclic) bond motifs is 1. The smallest absolute Gasteiger partial charge is 0.269 e. The maximum absolute atomic E-state index is 12.9. The summed E-state index contributed by atoms with van der Waals surface area (Å²) in [6.07, 6.45) is 4.25. The van der Waals surface area contributed by atoms with Crippen molar-refractivity contribution in [3.05, 3.63) is 60.2 Å². The molecule has 4 rings (SSSR count). The van der Waals surface area contributed by atoms with Crippen LogP contribution in [0.2, 0.25) is 0 Å². The minimum atomic E-state index is -0.211. The highest BCUT2D eigenvalue weighted by molar-refractivity contribution is 5.92. The molecule has 1 aliphatic heterocycles. The average molecular weight is 406 g/mol. The predicted molar refractivity (Wildman–Crippen MR) is 115 cm³/mol. The Kier molecular flexibility index (Phi) is 6.07. The number of carbonyl (C=O) groups is 2. The number of likely N-dealkylation sites (tertiary alicyclic amines) is 1. The van der Waals surface area contributed by atoms with Gasteiger partial charge < -0.3 is 14.8 Å². The zero-order valence-corrected chi connectivity index (χ0v) is 17.3. The van der Waals surface area contributed by atoms with E-state index in [-0.39, 0.29) is 18.4 Å². The SMILES string of the molecule is CC1CCN(C(=O)Cn2c(CCNC(=O)c3ccccn3)nc3ccccc32)CC1. The molecular weight excluding hydrogens is 378 g/mol. The second-order valence-electron chi connectivity index (χ2n) is 7.89. The molecule has 2 amide bonds. The topological polar surface area (TPSA) is 80.1 Å². The summed E-state index contributed by atoms with van der Waals surface area (Å²) in [7, 11) is 0. The monoisotopic (exact) mass is 405 g/mol. The summed E-state index contributed by atoms with van der Waals surface area (Å²) < 4.78 is 1.99. The summed E-state index contributed by atoms with van der Waals surface area (Å²) in [5.41, 5.74) is 2.20. The molecule has 0 radical (unpaired) electrons. The number of benzene rings is 1.